The second-order valence-electron chi connectivity index (χ2n) is 3.33. The molecular weight excluding hydrogens is 242 g/mol. The molecule has 0 aliphatic rings. The molecule has 6 heteroatoms. The average Bonchev–Trinajstić information content (AvgIpc) is 2.26. The molecule has 2 aromatic carbocycles. The molecule has 2 rings (SSSR count). The first-order valence-electron chi connectivity index (χ1n) is 4.72. The zero-order valence-electron chi connectivity index (χ0n) is 8.66. The third-order valence-electron chi connectivity index (χ3n) is 2.21. The van der Waals surface area contributed by atoms with Gasteiger partial charge in [-0.05, 0) is 11.5 Å². The van der Waals surface area contributed by atoms with Crippen LogP contribution in [0.3, 0.4) is 0 Å². The largest absolute Gasteiger partial charge is 0.420 e. The number of primary amides is 1. The quantitative estimate of drug-likeness (QED) is 0.822. The molecular formula is C11H9NO4S. The maximum absolute atomic E-state index is 11.7. The standard InChI is InChI=1S/C11H9NO4S/c12-11(13)16-17(14,15)10-7-3-5-8-4-1-2-6-9(8)10/h1-7H,(H2,12,13). The second-order valence-corrected chi connectivity index (χ2v) is 4.85. The molecule has 2 N–H and O–H groups in total. The lowest BCUT2D eigenvalue weighted by Crippen LogP contribution is -2.19. The normalized spacial score (nSPS) is 11.3. The van der Waals surface area contributed by atoms with Crippen LogP contribution in [0, 0.1) is 0 Å². The van der Waals surface area contributed by atoms with E-state index in [2.05, 4.69) is 4.18 Å². The zero-order chi connectivity index (χ0) is 12.5. The van der Waals surface area contributed by atoms with Gasteiger partial charge >= 0.3 is 16.2 Å². The van der Waals surface area contributed by atoms with E-state index in [0.717, 1.165) is 5.39 Å². The fourth-order valence-electron chi connectivity index (χ4n) is 1.57. The molecule has 2 aromatic rings. The highest BCUT2D eigenvalue weighted by molar-refractivity contribution is 7.87. The summed E-state index contributed by atoms with van der Waals surface area (Å²) < 4.78 is 27.6. The molecule has 0 atom stereocenters. The van der Waals surface area contributed by atoms with E-state index in [1.165, 1.54) is 6.07 Å². The molecule has 0 saturated heterocycles. The minimum atomic E-state index is -4.16. The monoisotopic (exact) mass is 251 g/mol. The van der Waals surface area contributed by atoms with Gasteiger partial charge in [-0.15, -0.1) is 0 Å². The van der Waals surface area contributed by atoms with E-state index in [1.807, 2.05) is 0 Å². The van der Waals surface area contributed by atoms with Gasteiger partial charge in [0.1, 0.15) is 4.90 Å². The molecule has 0 radical (unpaired) electrons. The van der Waals surface area contributed by atoms with Crippen LogP contribution in [0.4, 0.5) is 4.79 Å². The van der Waals surface area contributed by atoms with Crippen LogP contribution in [-0.4, -0.2) is 14.5 Å². The van der Waals surface area contributed by atoms with Crippen molar-refractivity contribution >= 4 is 27.0 Å². The number of fused-ring (bicyclic) bond motifs is 1. The Bertz CT molecular complexity index is 673. The number of carbonyl (C=O) groups excluding carboxylic acids is 1. The third-order valence-corrected chi connectivity index (χ3v) is 3.49. The lowest BCUT2D eigenvalue weighted by molar-refractivity contribution is 0.213. The molecule has 0 aliphatic carbocycles. The van der Waals surface area contributed by atoms with Gasteiger partial charge in [0.05, 0.1) is 0 Å². The van der Waals surface area contributed by atoms with Crippen molar-refractivity contribution in [2.45, 2.75) is 4.90 Å². The fourth-order valence-corrected chi connectivity index (χ4v) is 2.57. The SMILES string of the molecule is NC(=O)OS(=O)(=O)c1cccc2ccccc12. The summed E-state index contributed by atoms with van der Waals surface area (Å²) in [7, 11) is -4.16. The smallest absolute Gasteiger partial charge is 0.334 e. The van der Waals surface area contributed by atoms with Gasteiger partial charge in [-0.2, -0.15) is 8.42 Å². The Morgan fingerprint density at radius 1 is 1.06 bits per heavy atom. The predicted octanol–water partition coefficient (Wildman–Crippen LogP) is 1.62. The molecule has 0 heterocycles. The summed E-state index contributed by atoms with van der Waals surface area (Å²) in [5, 5.41) is 1.22. The van der Waals surface area contributed by atoms with Crippen molar-refractivity contribution in [2.75, 3.05) is 0 Å². The molecule has 0 bridgehead atoms. The zero-order valence-corrected chi connectivity index (χ0v) is 9.48. The first kappa shape index (κ1) is 11.4. The van der Waals surface area contributed by atoms with Crippen molar-refractivity contribution in [2.24, 2.45) is 5.73 Å². The van der Waals surface area contributed by atoms with Crippen molar-refractivity contribution in [3.63, 3.8) is 0 Å². The number of amides is 1. The highest BCUT2D eigenvalue weighted by Gasteiger charge is 2.20. The summed E-state index contributed by atoms with van der Waals surface area (Å²) in [5.74, 6) is 0. The number of rotatable bonds is 2. The summed E-state index contributed by atoms with van der Waals surface area (Å²) in [6.07, 6.45) is -1.35. The number of nitrogens with two attached hydrogens (primary N) is 1. The van der Waals surface area contributed by atoms with Crippen molar-refractivity contribution in [3.05, 3.63) is 42.5 Å². The van der Waals surface area contributed by atoms with Gasteiger partial charge in [0.25, 0.3) is 0 Å². The predicted molar refractivity (Wildman–Crippen MR) is 61.8 cm³/mol. The van der Waals surface area contributed by atoms with Crippen LogP contribution in [0.25, 0.3) is 10.8 Å². The van der Waals surface area contributed by atoms with E-state index in [4.69, 9.17) is 5.73 Å². The van der Waals surface area contributed by atoms with Crippen molar-refractivity contribution < 1.29 is 17.4 Å². The van der Waals surface area contributed by atoms with E-state index >= 15 is 0 Å². The number of carbonyl (C=O) groups is 1. The van der Waals surface area contributed by atoms with Crippen LogP contribution in [0.2, 0.25) is 0 Å². The Labute approximate surface area is 97.9 Å². The van der Waals surface area contributed by atoms with Crippen LogP contribution < -0.4 is 5.73 Å². The average molecular weight is 251 g/mol. The summed E-state index contributed by atoms with van der Waals surface area (Å²) >= 11 is 0. The lowest BCUT2D eigenvalue weighted by Gasteiger charge is -2.06. The topological polar surface area (TPSA) is 86.5 Å². The Balaban J connectivity index is 2.67. The number of benzene rings is 2. The minimum Gasteiger partial charge on any atom is -0.334 e. The van der Waals surface area contributed by atoms with Crippen LogP contribution in [-0.2, 0) is 14.3 Å². The summed E-state index contributed by atoms with van der Waals surface area (Å²) in [4.78, 5) is 10.5. The van der Waals surface area contributed by atoms with Crippen molar-refractivity contribution in [3.8, 4) is 0 Å². The van der Waals surface area contributed by atoms with Crippen LogP contribution in [0.15, 0.2) is 47.4 Å². The van der Waals surface area contributed by atoms with E-state index in [1.54, 1.807) is 36.4 Å². The van der Waals surface area contributed by atoms with E-state index in [0.29, 0.717) is 5.39 Å². The molecule has 0 unspecified atom stereocenters. The van der Waals surface area contributed by atoms with Gasteiger partial charge < -0.3 is 9.92 Å². The molecule has 17 heavy (non-hydrogen) atoms. The van der Waals surface area contributed by atoms with Gasteiger partial charge in [-0.3, -0.25) is 0 Å². The summed E-state index contributed by atoms with van der Waals surface area (Å²) in [6, 6.07) is 11.6. The molecule has 0 saturated carbocycles. The summed E-state index contributed by atoms with van der Waals surface area (Å²) in [6.45, 7) is 0. The maximum atomic E-state index is 11.7. The highest BCUT2D eigenvalue weighted by Crippen LogP contribution is 2.23. The third kappa shape index (κ3) is 2.21. The van der Waals surface area contributed by atoms with E-state index < -0.39 is 16.2 Å². The van der Waals surface area contributed by atoms with Gasteiger partial charge in [-0.1, -0.05) is 36.4 Å². The van der Waals surface area contributed by atoms with Gasteiger partial charge in [0, 0.05) is 5.39 Å². The molecule has 0 spiro atoms. The fraction of sp³-hybridized carbons (Fsp3) is 0. The number of hydrogen-bond acceptors (Lipinski definition) is 4. The first-order chi connectivity index (χ1) is 8.00. The Morgan fingerprint density at radius 2 is 1.71 bits per heavy atom. The van der Waals surface area contributed by atoms with Crippen LogP contribution >= 0.6 is 0 Å². The van der Waals surface area contributed by atoms with E-state index in [9.17, 15) is 13.2 Å². The summed E-state index contributed by atoms with van der Waals surface area (Å²) in [5.41, 5.74) is 4.72. The molecule has 0 fully saturated rings. The van der Waals surface area contributed by atoms with Crippen LogP contribution in [0.5, 0.6) is 0 Å². The molecule has 1 amide bonds. The molecule has 88 valence electrons. The molecule has 0 aliphatic heterocycles. The Hall–Kier alpha value is -2.08. The lowest BCUT2D eigenvalue weighted by atomic mass is 10.1. The van der Waals surface area contributed by atoms with Gasteiger partial charge in [0.2, 0.25) is 0 Å². The highest BCUT2D eigenvalue weighted by atomic mass is 32.2. The molecule has 5 nitrogen and oxygen atoms in total. The Morgan fingerprint density at radius 3 is 2.41 bits per heavy atom. The number of hydrogen-bond donors (Lipinski definition) is 1. The van der Waals surface area contributed by atoms with Gasteiger partial charge in [0.15, 0.2) is 0 Å². The van der Waals surface area contributed by atoms with Crippen LogP contribution in [0.1, 0.15) is 0 Å². The first-order valence-corrected chi connectivity index (χ1v) is 6.13. The van der Waals surface area contributed by atoms with Crippen molar-refractivity contribution in [1.29, 1.82) is 0 Å². The molecule has 0 aromatic heterocycles. The maximum Gasteiger partial charge on any atom is 0.420 e. The Kier molecular flexibility index (Phi) is 2.72. The second kappa shape index (κ2) is 4.06. The van der Waals surface area contributed by atoms with Gasteiger partial charge in [-0.25, -0.2) is 4.79 Å². The van der Waals surface area contributed by atoms with E-state index in [-0.39, 0.29) is 4.90 Å². The minimum absolute atomic E-state index is 0.0746. The van der Waals surface area contributed by atoms with Crippen molar-refractivity contribution in [1.82, 2.24) is 0 Å².